The van der Waals surface area contributed by atoms with E-state index in [4.69, 9.17) is 4.98 Å². The van der Waals surface area contributed by atoms with Crippen molar-refractivity contribution < 1.29 is 9.90 Å². The molecule has 1 aliphatic rings. The van der Waals surface area contributed by atoms with E-state index in [2.05, 4.69) is 34.1 Å². The third-order valence-electron chi connectivity index (χ3n) is 5.44. The number of carboxylic acids is 1. The van der Waals surface area contributed by atoms with E-state index in [0.717, 1.165) is 35.2 Å². The Kier molecular flexibility index (Phi) is 4.86. The van der Waals surface area contributed by atoms with Crippen molar-refractivity contribution in [3.8, 4) is 0 Å². The minimum Gasteiger partial charge on any atom is -0.481 e. The normalized spacial score (nSPS) is 17.1. The third-order valence-corrected chi connectivity index (χ3v) is 5.44. The number of pyridine rings is 2. The number of aliphatic carboxylic acids is 1. The van der Waals surface area contributed by atoms with Crippen molar-refractivity contribution in [3.05, 3.63) is 71.7 Å². The highest BCUT2D eigenvalue weighted by molar-refractivity contribution is 5.82. The van der Waals surface area contributed by atoms with Crippen LogP contribution < -0.4 is 0 Å². The number of piperidine rings is 1. The topological polar surface area (TPSA) is 66.3 Å². The summed E-state index contributed by atoms with van der Waals surface area (Å²) in [4.78, 5) is 22.9. The largest absolute Gasteiger partial charge is 0.481 e. The summed E-state index contributed by atoms with van der Waals surface area (Å²) >= 11 is 0. The summed E-state index contributed by atoms with van der Waals surface area (Å²) in [7, 11) is 0. The van der Waals surface area contributed by atoms with Crippen LogP contribution in [0.15, 0.2) is 54.9 Å². The van der Waals surface area contributed by atoms with E-state index in [1.807, 2.05) is 37.5 Å². The summed E-state index contributed by atoms with van der Waals surface area (Å²) in [6.45, 7) is 3.52. The van der Waals surface area contributed by atoms with Crippen LogP contribution in [0, 0.1) is 12.8 Å². The van der Waals surface area contributed by atoms with Crippen molar-refractivity contribution in [2.75, 3.05) is 13.1 Å². The maximum absolute atomic E-state index is 11.3. The molecular weight excluding hydrogens is 338 g/mol. The SMILES string of the molecule is Cc1ccc(C(c2ccnc3ccccc23)N2CCC(C(=O)O)CC2)nc1. The van der Waals surface area contributed by atoms with Gasteiger partial charge in [0, 0.05) is 17.8 Å². The lowest BCUT2D eigenvalue weighted by Crippen LogP contribution is -2.39. The number of benzene rings is 1. The van der Waals surface area contributed by atoms with Crippen molar-refractivity contribution in [1.82, 2.24) is 14.9 Å². The summed E-state index contributed by atoms with van der Waals surface area (Å²) in [5.41, 5.74) is 4.26. The Morgan fingerprint density at radius 2 is 1.89 bits per heavy atom. The summed E-state index contributed by atoms with van der Waals surface area (Å²) in [6.07, 6.45) is 5.08. The summed E-state index contributed by atoms with van der Waals surface area (Å²) in [6, 6.07) is 14.4. The van der Waals surface area contributed by atoms with Crippen molar-refractivity contribution in [1.29, 1.82) is 0 Å². The van der Waals surface area contributed by atoms with E-state index in [0.29, 0.717) is 12.8 Å². The average molecular weight is 361 g/mol. The fourth-order valence-corrected chi connectivity index (χ4v) is 3.95. The van der Waals surface area contributed by atoms with E-state index in [1.165, 1.54) is 5.56 Å². The maximum atomic E-state index is 11.3. The molecular formula is C22H23N3O2. The molecule has 1 unspecified atom stereocenters. The van der Waals surface area contributed by atoms with Crippen LogP contribution in [0.2, 0.25) is 0 Å². The van der Waals surface area contributed by atoms with E-state index in [-0.39, 0.29) is 12.0 Å². The lowest BCUT2D eigenvalue weighted by Gasteiger charge is -2.37. The number of likely N-dealkylation sites (tertiary alicyclic amines) is 1. The molecule has 1 saturated heterocycles. The van der Waals surface area contributed by atoms with Crippen LogP contribution in [0.1, 0.15) is 35.7 Å². The number of aryl methyl sites for hydroxylation is 1. The highest BCUT2D eigenvalue weighted by Crippen LogP contribution is 2.34. The minimum absolute atomic E-state index is 0.00625. The zero-order valence-corrected chi connectivity index (χ0v) is 15.4. The molecule has 0 bridgehead atoms. The van der Waals surface area contributed by atoms with Gasteiger partial charge in [-0.2, -0.15) is 0 Å². The molecule has 3 aromatic rings. The van der Waals surface area contributed by atoms with Crippen molar-refractivity contribution >= 4 is 16.9 Å². The highest BCUT2D eigenvalue weighted by atomic mass is 16.4. The molecule has 1 atom stereocenters. The second kappa shape index (κ2) is 7.45. The molecule has 0 radical (unpaired) electrons. The maximum Gasteiger partial charge on any atom is 0.306 e. The van der Waals surface area contributed by atoms with E-state index in [9.17, 15) is 9.90 Å². The van der Waals surface area contributed by atoms with Crippen LogP contribution in [-0.4, -0.2) is 39.0 Å². The Bertz CT molecular complexity index is 942. The Hall–Kier alpha value is -2.79. The molecule has 4 rings (SSSR count). The lowest BCUT2D eigenvalue weighted by molar-refractivity contribution is -0.143. The fourth-order valence-electron chi connectivity index (χ4n) is 3.95. The van der Waals surface area contributed by atoms with Gasteiger partial charge in [0.15, 0.2) is 0 Å². The quantitative estimate of drug-likeness (QED) is 0.765. The second-order valence-electron chi connectivity index (χ2n) is 7.23. The number of hydrogen-bond acceptors (Lipinski definition) is 4. The van der Waals surface area contributed by atoms with Crippen molar-refractivity contribution in [2.24, 2.45) is 5.92 Å². The molecule has 27 heavy (non-hydrogen) atoms. The van der Waals surface area contributed by atoms with Gasteiger partial charge in [-0.1, -0.05) is 24.3 Å². The molecule has 138 valence electrons. The van der Waals surface area contributed by atoms with Crippen LogP contribution in [0.25, 0.3) is 10.9 Å². The van der Waals surface area contributed by atoms with Gasteiger partial charge in [0.2, 0.25) is 0 Å². The lowest BCUT2D eigenvalue weighted by atomic mass is 9.92. The van der Waals surface area contributed by atoms with Crippen molar-refractivity contribution in [2.45, 2.75) is 25.8 Å². The van der Waals surface area contributed by atoms with Crippen LogP contribution in [0.3, 0.4) is 0 Å². The molecule has 3 heterocycles. The number of rotatable bonds is 4. The summed E-state index contributed by atoms with van der Waals surface area (Å²) in [5.74, 6) is -0.934. The minimum atomic E-state index is -0.686. The highest BCUT2D eigenvalue weighted by Gasteiger charge is 2.31. The zero-order chi connectivity index (χ0) is 18.8. The van der Waals surface area contributed by atoms with E-state index < -0.39 is 5.97 Å². The van der Waals surface area contributed by atoms with Crippen molar-refractivity contribution in [3.63, 3.8) is 0 Å². The standard InChI is InChI=1S/C22H23N3O2/c1-15-6-7-20(24-14-15)21(25-12-9-16(10-13-25)22(26)27)18-8-11-23-19-5-3-2-4-17(18)19/h2-8,11,14,16,21H,9-10,12-13H2,1H3,(H,26,27). The van der Waals surface area contributed by atoms with Gasteiger partial charge in [0.1, 0.15) is 0 Å². The number of hydrogen-bond donors (Lipinski definition) is 1. The zero-order valence-electron chi connectivity index (χ0n) is 15.4. The molecule has 0 saturated carbocycles. The van der Waals surface area contributed by atoms with Gasteiger partial charge in [-0.15, -0.1) is 0 Å². The first-order valence-corrected chi connectivity index (χ1v) is 9.36. The summed E-state index contributed by atoms with van der Waals surface area (Å²) in [5, 5.41) is 10.4. The number of carbonyl (C=O) groups is 1. The monoisotopic (exact) mass is 361 g/mol. The van der Waals surface area contributed by atoms with Gasteiger partial charge in [-0.25, -0.2) is 0 Å². The smallest absolute Gasteiger partial charge is 0.306 e. The van der Waals surface area contributed by atoms with Gasteiger partial charge in [0.25, 0.3) is 0 Å². The van der Waals surface area contributed by atoms with Gasteiger partial charge in [-0.05, 0) is 62.2 Å². The molecule has 0 amide bonds. The van der Waals surface area contributed by atoms with Crippen LogP contribution >= 0.6 is 0 Å². The second-order valence-corrected chi connectivity index (χ2v) is 7.23. The molecule has 5 nitrogen and oxygen atoms in total. The Morgan fingerprint density at radius 1 is 1.11 bits per heavy atom. The third kappa shape index (κ3) is 3.55. The fraction of sp³-hybridized carbons (Fsp3) is 0.318. The van der Waals surface area contributed by atoms with Gasteiger partial charge < -0.3 is 5.11 Å². The molecule has 1 aromatic carbocycles. The molecule has 1 fully saturated rings. The predicted molar refractivity (Wildman–Crippen MR) is 104 cm³/mol. The molecule has 2 aromatic heterocycles. The first kappa shape index (κ1) is 17.6. The molecule has 1 N–H and O–H groups in total. The number of para-hydroxylation sites is 1. The average Bonchev–Trinajstić information content (AvgIpc) is 2.70. The first-order valence-electron chi connectivity index (χ1n) is 9.36. The summed E-state index contributed by atoms with van der Waals surface area (Å²) < 4.78 is 0. The molecule has 0 aliphatic carbocycles. The van der Waals surface area contributed by atoms with E-state index >= 15 is 0 Å². The van der Waals surface area contributed by atoms with E-state index in [1.54, 1.807) is 0 Å². The van der Waals surface area contributed by atoms with Crippen LogP contribution in [-0.2, 0) is 4.79 Å². The van der Waals surface area contributed by atoms with Gasteiger partial charge >= 0.3 is 5.97 Å². The predicted octanol–water partition coefficient (Wildman–Crippen LogP) is 3.82. The number of fused-ring (bicyclic) bond motifs is 1. The van der Waals surface area contributed by atoms with Crippen LogP contribution in [0.4, 0.5) is 0 Å². The first-order chi connectivity index (χ1) is 13.1. The van der Waals surface area contributed by atoms with Gasteiger partial charge in [-0.3, -0.25) is 19.7 Å². The Balaban J connectivity index is 1.77. The number of aromatic nitrogens is 2. The van der Waals surface area contributed by atoms with Gasteiger partial charge in [0.05, 0.1) is 23.2 Å². The Morgan fingerprint density at radius 3 is 2.59 bits per heavy atom. The number of carboxylic acid groups (broad SMARTS) is 1. The van der Waals surface area contributed by atoms with Crippen LogP contribution in [0.5, 0.6) is 0 Å². The number of nitrogens with zero attached hydrogens (tertiary/aromatic N) is 3. The Labute approximate surface area is 158 Å². The molecule has 0 spiro atoms. The molecule has 1 aliphatic heterocycles. The molecule has 5 heteroatoms.